The van der Waals surface area contributed by atoms with Crippen LogP contribution in [-0.4, -0.2) is 19.4 Å². The lowest BCUT2D eigenvalue weighted by molar-refractivity contribution is 0.219. The molecule has 1 aromatic rings. The first-order valence-corrected chi connectivity index (χ1v) is 10.9. The Bertz CT molecular complexity index is 412. The van der Waals surface area contributed by atoms with Gasteiger partial charge in [0.25, 0.3) is 0 Å². The molecular weight excluding hydrogens is 406 g/mol. The van der Waals surface area contributed by atoms with Gasteiger partial charge in [0.05, 0.1) is 22.3 Å². The zero-order chi connectivity index (χ0) is 14.8. The van der Waals surface area contributed by atoms with Crippen molar-refractivity contribution < 1.29 is 13.6 Å². The average Bonchev–Trinajstić information content (AvgIpc) is 2.80. The van der Waals surface area contributed by atoms with Crippen LogP contribution in [0, 0.1) is 2.88 Å². The Labute approximate surface area is 140 Å². The molecule has 1 rings (SSSR count). The van der Waals surface area contributed by atoms with Gasteiger partial charge < -0.3 is 9.05 Å². The maximum atomic E-state index is 12.2. The number of hydrogen-bond acceptors (Lipinski definition) is 4. The molecule has 0 aliphatic rings. The second-order valence-electron chi connectivity index (χ2n) is 4.55. The standard InChI is InChI=1S/C14H24IO3PS/c1-3-17-19(16,18-4-2)11-8-6-5-7-9-13-10-12-20-14(13)15/h10,12H,3-9,11H2,1-2H3. The van der Waals surface area contributed by atoms with Crippen LogP contribution in [0.3, 0.4) is 0 Å². The Morgan fingerprint density at radius 3 is 2.35 bits per heavy atom. The maximum absolute atomic E-state index is 12.2. The molecule has 1 heterocycles. The highest BCUT2D eigenvalue weighted by Gasteiger charge is 2.22. The van der Waals surface area contributed by atoms with Crippen LogP contribution in [0.25, 0.3) is 0 Å². The van der Waals surface area contributed by atoms with E-state index in [-0.39, 0.29) is 0 Å². The summed E-state index contributed by atoms with van der Waals surface area (Å²) in [4.78, 5) is 0. The summed E-state index contributed by atoms with van der Waals surface area (Å²) in [5.41, 5.74) is 1.46. The van der Waals surface area contributed by atoms with E-state index in [2.05, 4.69) is 34.0 Å². The lowest BCUT2D eigenvalue weighted by Gasteiger charge is -2.16. The molecule has 3 nitrogen and oxygen atoms in total. The molecule has 1 aromatic heterocycles. The minimum Gasteiger partial charge on any atom is -0.309 e. The van der Waals surface area contributed by atoms with Gasteiger partial charge in [-0.3, -0.25) is 4.57 Å². The van der Waals surface area contributed by atoms with E-state index in [0.29, 0.717) is 19.4 Å². The van der Waals surface area contributed by atoms with Crippen molar-refractivity contribution in [1.29, 1.82) is 0 Å². The van der Waals surface area contributed by atoms with Gasteiger partial charge in [-0.2, -0.15) is 0 Å². The lowest BCUT2D eigenvalue weighted by Crippen LogP contribution is -2.00. The summed E-state index contributed by atoms with van der Waals surface area (Å²) in [5.74, 6) is 0. The third kappa shape index (κ3) is 7.03. The van der Waals surface area contributed by atoms with Crippen molar-refractivity contribution in [2.24, 2.45) is 0 Å². The highest BCUT2D eigenvalue weighted by Crippen LogP contribution is 2.48. The Hall–Kier alpha value is 0.580. The van der Waals surface area contributed by atoms with Gasteiger partial charge in [-0.1, -0.05) is 12.8 Å². The van der Waals surface area contributed by atoms with E-state index in [1.807, 2.05) is 13.8 Å². The van der Waals surface area contributed by atoms with Crippen LogP contribution in [-0.2, 0) is 20.0 Å². The molecule has 0 atom stereocenters. The van der Waals surface area contributed by atoms with Crippen LogP contribution in [0.1, 0.15) is 45.1 Å². The van der Waals surface area contributed by atoms with Crippen LogP contribution in [0.2, 0.25) is 0 Å². The van der Waals surface area contributed by atoms with Crippen LogP contribution < -0.4 is 0 Å². The van der Waals surface area contributed by atoms with Gasteiger partial charge in [-0.15, -0.1) is 11.3 Å². The molecule has 0 amide bonds. The van der Waals surface area contributed by atoms with E-state index in [9.17, 15) is 4.57 Å². The molecule has 0 unspecified atom stereocenters. The Morgan fingerprint density at radius 2 is 1.80 bits per heavy atom. The van der Waals surface area contributed by atoms with Crippen molar-refractivity contribution >= 4 is 41.5 Å². The van der Waals surface area contributed by atoms with E-state index >= 15 is 0 Å². The number of rotatable bonds is 11. The summed E-state index contributed by atoms with van der Waals surface area (Å²) < 4.78 is 24.2. The molecule has 0 saturated carbocycles. The smallest absolute Gasteiger partial charge is 0.309 e. The van der Waals surface area contributed by atoms with Gasteiger partial charge in [-0.05, 0) is 72.7 Å². The van der Waals surface area contributed by atoms with Gasteiger partial charge in [0, 0.05) is 0 Å². The van der Waals surface area contributed by atoms with Crippen molar-refractivity contribution in [3.8, 4) is 0 Å². The summed E-state index contributed by atoms with van der Waals surface area (Å²) in [6.07, 6.45) is 6.06. The van der Waals surface area contributed by atoms with Gasteiger partial charge in [-0.25, -0.2) is 0 Å². The molecule has 0 aliphatic carbocycles. The van der Waals surface area contributed by atoms with Gasteiger partial charge in [0.15, 0.2) is 0 Å². The van der Waals surface area contributed by atoms with Crippen LogP contribution in [0.5, 0.6) is 0 Å². The largest absolute Gasteiger partial charge is 0.330 e. The second kappa shape index (κ2) is 10.3. The molecule has 6 heteroatoms. The zero-order valence-corrected chi connectivity index (χ0v) is 16.1. The molecule has 0 aliphatic heterocycles. The maximum Gasteiger partial charge on any atom is 0.330 e. The monoisotopic (exact) mass is 430 g/mol. The first kappa shape index (κ1) is 18.6. The summed E-state index contributed by atoms with van der Waals surface area (Å²) in [5, 5.41) is 2.15. The predicted octanol–water partition coefficient (Wildman–Crippen LogP) is 5.72. The fraction of sp³-hybridized carbons (Fsp3) is 0.714. The Morgan fingerprint density at radius 1 is 1.15 bits per heavy atom. The Balaban J connectivity index is 2.14. The minimum absolute atomic E-state index is 0.452. The third-order valence-electron chi connectivity index (χ3n) is 2.97. The first-order chi connectivity index (χ1) is 9.61. The number of unbranched alkanes of at least 4 members (excludes halogenated alkanes) is 3. The van der Waals surface area contributed by atoms with Crippen molar-refractivity contribution in [2.45, 2.75) is 46.0 Å². The summed E-state index contributed by atoms with van der Waals surface area (Å²) in [6.45, 7) is 4.62. The molecule has 0 bridgehead atoms. The predicted molar refractivity (Wildman–Crippen MR) is 94.9 cm³/mol. The minimum atomic E-state index is -2.82. The van der Waals surface area contributed by atoms with Gasteiger partial charge >= 0.3 is 7.60 Å². The zero-order valence-electron chi connectivity index (χ0n) is 12.3. The van der Waals surface area contributed by atoms with Crippen molar-refractivity contribution in [3.63, 3.8) is 0 Å². The van der Waals surface area contributed by atoms with E-state index < -0.39 is 7.60 Å². The SMILES string of the molecule is CCOP(=O)(CCCCCCc1ccsc1I)OCC. The van der Waals surface area contributed by atoms with Gasteiger partial charge in [0.1, 0.15) is 0 Å². The van der Waals surface area contributed by atoms with Crippen LogP contribution in [0.15, 0.2) is 11.4 Å². The number of aryl methyl sites for hydroxylation is 1. The molecule has 116 valence electrons. The van der Waals surface area contributed by atoms with E-state index in [1.165, 1.54) is 21.3 Å². The number of hydrogen-bond donors (Lipinski definition) is 0. The van der Waals surface area contributed by atoms with E-state index in [1.54, 1.807) is 11.3 Å². The lowest BCUT2D eigenvalue weighted by atomic mass is 10.1. The molecule has 0 aromatic carbocycles. The number of thiophene rings is 1. The van der Waals surface area contributed by atoms with E-state index in [4.69, 9.17) is 9.05 Å². The highest BCUT2D eigenvalue weighted by atomic mass is 127. The molecule has 0 spiro atoms. The summed E-state index contributed by atoms with van der Waals surface area (Å²) in [7, 11) is -2.82. The van der Waals surface area contributed by atoms with Crippen molar-refractivity contribution in [3.05, 3.63) is 19.9 Å². The quantitative estimate of drug-likeness (QED) is 0.256. The molecule has 20 heavy (non-hydrogen) atoms. The van der Waals surface area contributed by atoms with Crippen LogP contribution >= 0.6 is 41.5 Å². The first-order valence-electron chi connectivity index (χ1n) is 7.21. The fourth-order valence-corrected chi connectivity index (χ4v) is 5.33. The van der Waals surface area contributed by atoms with Gasteiger partial charge in [0.2, 0.25) is 0 Å². The number of halogens is 1. The van der Waals surface area contributed by atoms with Crippen LogP contribution in [0.4, 0.5) is 0 Å². The van der Waals surface area contributed by atoms with E-state index in [0.717, 1.165) is 19.3 Å². The Kier molecular flexibility index (Phi) is 9.62. The molecular formula is C14H24IO3PS. The fourth-order valence-electron chi connectivity index (χ4n) is 2.03. The summed E-state index contributed by atoms with van der Waals surface area (Å²) >= 11 is 4.21. The molecule has 0 saturated heterocycles. The normalized spacial score (nSPS) is 11.9. The topological polar surface area (TPSA) is 35.5 Å². The molecule has 0 N–H and O–H groups in total. The summed E-state index contributed by atoms with van der Waals surface area (Å²) in [6, 6.07) is 2.21. The highest BCUT2D eigenvalue weighted by molar-refractivity contribution is 14.1. The van der Waals surface area contributed by atoms with Crippen molar-refractivity contribution in [2.75, 3.05) is 19.4 Å². The van der Waals surface area contributed by atoms with Crippen molar-refractivity contribution in [1.82, 2.24) is 0 Å². The third-order valence-corrected chi connectivity index (χ3v) is 7.34. The second-order valence-corrected chi connectivity index (χ2v) is 9.47. The molecule has 0 fully saturated rings. The average molecular weight is 430 g/mol. The molecule has 0 radical (unpaired) electrons.